The van der Waals surface area contributed by atoms with Gasteiger partial charge in [-0.25, -0.2) is 0 Å². The summed E-state index contributed by atoms with van der Waals surface area (Å²) in [5, 5.41) is 21.3. The summed E-state index contributed by atoms with van der Waals surface area (Å²) in [7, 11) is 3.19. The number of hydrogen-bond acceptors (Lipinski definition) is 7. The number of nitrogens with one attached hydrogen (secondary N) is 3. The van der Waals surface area contributed by atoms with E-state index in [1.54, 1.807) is 14.2 Å². The summed E-state index contributed by atoms with van der Waals surface area (Å²) in [6.07, 6.45) is -0.446. The summed E-state index contributed by atoms with van der Waals surface area (Å²) in [4.78, 5) is 29.0. The Kier molecular flexibility index (Phi) is 12.3. The first-order chi connectivity index (χ1) is 22.0. The van der Waals surface area contributed by atoms with Crippen molar-refractivity contribution in [3.8, 4) is 11.5 Å². The minimum atomic E-state index is -1.45. The van der Waals surface area contributed by atoms with Crippen LogP contribution in [0.5, 0.6) is 11.5 Å². The molecule has 2 amide bonds. The molecule has 3 unspecified atom stereocenters. The van der Waals surface area contributed by atoms with Crippen LogP contribution in [0.4, 0.5) is 0 Å². The lowest BCUT2D eigenvalue weighted by Crippen LogP contribution is -2.59. The first kappa shape index (κ1) is 35.1. The number of carbonyl (C=O) groups is 2. The predicted molar refractivity (Wildman–Crippen MR) is 187 cm³/mol. The molecule has 4 rings (SSSR count). The van der Waals surface area contributed by atoms with Crippen molar-refractivity contribution in [3.05, 3.63) is 95.1 Å². The van der Waals surface area contributed by atoms with Crippen molar-refractivity contribution >= 4 is 40.9 Å². The lowest BCUT2D eigenvalue weighted by Gasteiger charge is -2.33. The molecule has 0 aliphatic carbocycles. The molecule has 1 heterocycles. The highest BCUT2D eigenvalue weighted by atomic mass is 32.2. The number of aryl methyl sites for hydroxylation is 1. The molecule has 1 saturated heterocycles. The topological polar surface area (TPSA) is 112 Å². The Labute approximate surface area is 281 Å². The van der Waals surface area contributed by atoms with Gasteiger partial charge < -0.3 is 35.4 Å². The number of hydrogen-bond donors (Lipinski definition) is 4. The van der Waals surface area contributed by atoms with Crippen LogP contribution in [0.15, 0.2) is 72.8 Å². The van der Waals surface area contributed by atoms with Crippen molar-refractivity contribution in [2.45, 2.75) is 63.1 Å². The molecule has 9 nitrogen and oxygen atoms in total. The Balaban J connectivity index is 1.44. The number of methoxy groups -OCH3 is 2. The molecule has 0 bridgehead atoms. The van der Waals surface area contributed by atoms with Gasteiger partial charge in [-0.05, 0) is 80.2 Å². The van der Waals surface area contributed by atoms with E-state index in [9.17, 15) is 14.7 Å². The second-order valence-corrected chi connectivity index (χ2v) is 13.8. The number of amides is 2. The average Bonchev–Trinajstić information content (AvgIpc) is 3.38. The maximum absolute atomic E-state index is 14.0. The van der Waals surface area contributed by atoms with Crippen LogP contribution in [-0.2, 0) is 29.0 Å². The molecule has 4 N–H and O–H groups in total. The number of carbonyl (C=O) groups excluding carboxylic acids is 2. The predicted octanol–water partition coefficient (Wildman–Crippen LogP) is 3.99. The zero-order valence-corrected chi connectivity index (χ0v) is 28.7. The minimum Gasteiger partial charge on any atom is -0.493 e. The Hall–Kier alpha value is -3.80. The molecular weight excluding hydrogens is 621 g/mol. The largest absolute Gasteiger partial charge is 0.493 e. The number of thioether (sulfide) groups is 1. The van der Waals surface area contributed by atoms with Gasteiger partial charge in [0, 0.05) is 17.8 Å². The third kappa shape index (κ3) is 8.92. The molecule has 0 spiro atoms. The van der Waals surface area contributed by atoms with E-state index >= 15 is 0 Å². The Bertz CT molecular complexity index is 1500. The van der Waals surface area contributed by atoms with Gasteiger partial charge in [-0.3, -0.25) is 9.59 Å². The fourth-order valence-corrected chi connectivity index (χ4v) is 6.92. The molecule has 0 saturated carbocycles. The van der Waals surface area contributed by atoms with Gasteiger partial charge in [0.25, 0.3) is 5.91 Å². The van der Waals surface area contributed by atoms with Crippen molar-refractivity contribution in [2.24, 2.45) is 0 Å². The summed E-state index contributed by atoms with van der Waals surface area (Å²) in [6.45, 7) is 6.77. The van der Waals surface area contributed by atoms with E-state index in [0.29, 0.717) is 42.5 Å². The lowest BCUT2D eigenvalue weighted by atomic mass is 9.97. The molecule has 0 radical (unpaired) electrons. The van der Waals surface area contributed by atoms with Gasteiger partial charge in [0.05, 0.1) is 26.1 Å². The van der Waals surface area contributed by atoms with E-state index < -0.39 is 28.8 Å². The molecule has 3 atom stereocenters. The van der Waals surface area contributed by atoms with Crippen LogP contribution < -0.4 is 25.4 Å². The SMILES string of the molecule is COc1ccc(CCNC(=S)NC(Cc2ccccc2)C(O)C(=O)N2CSC(C)(C)C2C(=O)NCc2ccccc2C)cc1OC. The van der Waals surface area contributed by atoms with E-state index in [1.165, 1.54) is 16.7 Å². The molecule has 1 fully saturated rings. The van der Waals surface area contributed by atoms with Crippen molar-refractivity contribution < 1.29 is 24.2 Å². The molecular formula is C35H44N4O5S2. The molecule has 46 heavy (non-hydrogen) atoms. The first-order valence-electron chi connectivity index (χ1n) is 15.3. The Morgan fingerprint density at radius 3 is 2.39 bits per heavy atom. The molecule has 0 aromatic heterocycles. The summed E-state index contributed by atoms with van der Waals surface area (Å²) in [5.74, 6) is 0.826. The van der Waals surface area contributed by atoms with Crippen molar-refractivity contribution in [1.29, 1.82) is 0 Å². The Morgan fingerprint density at radius 1 is 1.00 bits per heavy atom. The molecule has 11 heteroatoms. The van der Waals surface area contributed by atoms with Crippen LogP contribution in [0.25, 0.3) is 0 Å². The molecule has 1 aliphatic heterocycles. The van der Waals surface area contributed by atoms with Crippen LogP contribution >= 0.6 is 24.0 Å². The molecule has 3 aromatic rings. The van der Waals surface area contributed by atoms with Gasteiger partial charge >= 0.3 is 0 Å². The van der Waals surface area contributed by atoms with E-state index in [4.69, 9.17) is 21.7 Å². The number of benzene rings is 3. The zero-order valence-electron chi connectivity index (χ0n) is 27.0. The van der Waals surface area contributed by atoms with E-state index in [2.05, 4.69) is 16.0 Å². The van der Waals surface area contributed by atoms with Gasteiger partial charge in [0.1, 0.15) is 6.04 Å². The molecule has 246 valence electrons. The van der Waals surface area contributed by atoms with Crippen molar-refractivity contribution in [3.63, 3.8) is 0 Å². The van der Waals surface area contributed by atoms with Gasteiger partial charge in [-0.2, -0.15) is 0 Å². The summed E-state index contributed by atoms with van der Waals surface area (Å²) < 4.78 is 10.2. The number of aliphatic hydroxyl groups is 1. The van der Waals surface area contributed by atoms with Gasteiger partial charge in [0.2, 0.25) is 5.91 Å². The number of nitrogens with zero attached hydrogens (tertiary/aromatic N) is 1. The van der Waals surface area contributed by atoms with Gasteiger partial charge in [-0.1, -0.05) is 60.7 Å². The highest BCUT2D eigenvalue weighted by Crippen LogP contribution is 2.40. The van der Waals surface area contributed by atoms with Crippen LogP contribution in [0.3, 0.4) is 0 Å². The zero-order chi connectivity index (χ0) is 33.3. The van der Waals surface area contributed by atoms with Crippen LogP contribution in [0.1, 0.15) is 36.1 Å². The van der Waals surface area contributed by atoms with E-state index in [1.807, 2.05) is 93.6 Å². The normalized spacial score (nSPS) is 16.7. The standard InChI is InChI=1S/C35H44N4O5S2/c1-23-11-9-10-14-26(23)21-37-32(41)31-35(2,3)46-22-39(31)33(42)30(40)27(19-24-12-7-6-8-13-24)38-34(45)36-18-17-25-15-16-28(43-4)29(20-25)44-5/h6-16,20,27,30-31,40H,17-19,21-22H2,1-5H3,(H,37,41)(H2,36,38,45). The molecule has 3 aromatic carbocycles. The summed E-state index contributed by atoms with van der Waals surface area (Å²) in [5.41, 5.74) is 4.05. The number of thiocarbonyl (C=S) groups is 1. The maximum Gasteiger partial charge on any atom is 0.254 e. The smallest absolute Gasteiger partial charge is 0.254 e. The molecule has 1 aliphatic rings. The minimum absolute atomic E-state index is 0.251. The third-order valence-electron chi connectivity index (χ3n) is 8.19. The fraction of sp³-hybridized carbons (Fsp3) is 0.400. The maximum atomic E-state index is 14.0. The van der Waals surface area contributed by atoms with E-state index in [-0.39, 0.29) is 11.8 Å². The van der Waals surface area contributed by atoms with Crippen molar-refractivity contribution in [1.82, 2.24) is 20.9 Å². The third-order valence-corrected chi connectivity index (χ3v) is 9.82. The highest BCUT2D eigenvalue weighted by molar-refractivity contribution is 8.00. The van der Waals surface area contributed by atoms with Crippen molar-refractivity contribution in [2.75, 3.05) is 26.6 Å². The average molecular weight is 665 g/mol. The summed E-state index contributed by atoms with van der Waals surface area (Å²) in [6, 6.07) is 21.7. The van der Waals surface area contributed by atoms with Crippen LogP contribution in [-0.4, -0.2) is 76.5 Å². The highest BCUT2D eigenvalue weighted by Gasteiger charge is 2.49. The fourth-order valence-electron chi connectivity index (χ4n) is 5.53. The van der Waals surface area contributed by atoms with Crippen LogP contribution in [0, 0.1) is 6.92 Å². The van der Waals surface area contributed by atoms with E-state index in [0.717, 1.165) is 22.3 Å². The monoisotopic (exact) mass is 664 g/mol. The lowest BCUT2D eigenvalue weighted by molar-refractivity contribution is -0.147. The first-order valence-corrected chi connectivity index (χ1v) is 16.7. The summed E-state index contributed by atoms with van der Waals surface area (Å²) >= 11 is 7.13. The second-order valence-electron chi connectivity index (χ2n) is 11.8. The van der Waals surface area contributed by atoms with Gasteiger partial charge in [0.15, 0.2) is 22.7 Å². The second kappa shape index (κ2) is 16.2. The van der Waals surface area contributed by atoms with Crippen LogP contribution in [0.2, 0.25) is 0 Å². The van der Waals surface area contributed by atoms with Gasteiger partial charge in [-0.15, -0.1) is 11.8 Å². The number of aliphatic hydroxyl groups excluding tert-OH is 1. The number of ether oxygens (including phenoxy) is 2. The Morgan fingerprint density at radius 2 is 1.70 bits per heavy atom. The number of rotatable bonds is 13. The quantitative estimate of drug-likeness (QED) is 0.202.